The van der Waals surface area contributed by atoms with Crippen LogP contribution in [-0.2, 0) is 6.67 Å². The van der Waals surface area contributed by atoms with Crippen LogP contribution in [0.15, 0.2) is 15.0 Å². The molecule has 0 fully saturated rings. The van der Waals surface area contributed by atoms with Crippen molar-refractivity contribution in [1.82, 2.24) is 0 Å². The molecule has 1 rings (SSSR count). The van der Waals surface area contributed by atoms with Gasteiger partial charge in [-0.1, -0.05) is 0 Å². The van der Waals surface area contributed by atoms with Crippen molar-refractivity contribution >= 4 is 31.9 Å². The summed E-state index contributed by atoms with van der Waals surface area (Å²) in [5.41, 5.74) is -0.559. The summed E-state index contributed by atoms with van der Waals surface area (Å²) in [6.07, 6.45) is 0. The topological polar surface area (TPSA) is 0 Å². The molecule has 0 aliphatic carbocycles. The fourth-order valence-corrected chi connectivity index (χ4v) is 1.98. The second kappa shape index (κ2) is 3.79. The van der Waals surface area contributed by atoms with Crippen molar-refractivity contribution in [3.8, 4) is 0 Å². The highest BCUT2D eigenvalue weighted by Crippen LogP contribution is 2.28. The maximum Gasteiger partial charge on any atom is 0.146 e. The van der Waals surface area contributed by atoms with Crippen LogP contribution in [0.2, 0.25) is 0 Å². The molecule has 12 heavy (non-hydrogen) atoms. The number of benzene rings is 1. The van der Waals surface area contributed by atoms with Gasteiger partial charge in [-0.05, 0) is 37.9 Å². The van der Waals surface area contributed by atoms with Gasteiger partial charge in [0, 0.05) is 0 Å². The van der Waals surface area contributed by atoms with Crippen LogP contribution in [0.1, 0.15) is 5.56 Å². The number of hydrogen-bond acceptors (Lipinski definition) is 0. The lowest BCUT2D eigenvalue weighted by molar-refractivity contribution is 0.437. The van der Waals surface area contributed by atoms with Crippen LogP contribution in [0, 0.1) is 11.6 Å². The van der Waals surface area contributed by atoms with Crippen molar-refractivity contribution in [3.05, 3.63) is 32.2 Å². The van der Waals surface area contributed by atoms with Crippen LogP contribution >= 0.6 is 31.9 Å². The molecule has 0 nitrogen and oxygen atoms in total. The molecule has 1 aromatic rings. The molecular formula is C7H3Br2F3. The van der Waals surface area contributed by atoms with E-state index >= 15 is 0 Å². The van der Waals surface area contributed by atoms with Gasteiger partial charge in [0.15, 0.2) is 0 Å². The van der Waals surface area contributed by atoms with E-state index in [4.69, 9.17) is 0 Å². The fourth-order valence-electron chi connectivity index (χ4n) is 0.740. The summed E-state index contributed by atoms with van der Waals surface area (Å²) >= 11 is 5.67. The summed E-state index contributed by atoms with van der Waals surface area (Å²) in [4.78, 5) is 0. The zero-order chi connectivity index (χ0) is 9.30. The molecule has 0 bridgehead atoms. The van der Waals surface area contributed by atoms with Gasteiger partial charge in [-0.15, -0.1) is 0 Å². The summed E-state index contributed by atoms with van der Waals surface area (Å²) < 4.78 is 38.0. The number of hydrogen-bond donors (Lipinski definition) is 0. The summed E-state index contributed by atoms with van der Waals surface area (Å²) in [6.45, 7) is -1.16. The van der Waals surface area contributed by atoms with Crippen molar-refractivity contribution < 1.29 is 13.2 Å². The lowest BCUT2D eigenvalue weighted by Crippen LogP contribution is -1.95. The molecule has 0 heterocycles. The highest BCUT2D eigenvalue weighted by molar-refractivity contribution is 9.11. The zero-order valence-corrected chi connectivity index (χ0v) is 8.85. The first-order chi connectivity index (χ1) is 5.57. The summed E-state index contributed by atoms with van der Waals surface area (Å²) in [5, 5.41) is 0. The monoisotopic (exact) mass is 302 g/mol. The average Bonchev–Trinajstić information content (AvgIpc) is 2.02. The van der Waals surface area contributed by atoms with E-state index in [0.29, 0.717) is 0 Å². The SMILES string of the molecule is FCc1c(F)c(Br)cc(Br)c1F. The number of rotatable bonds is 1. The molecule has 0 saturated heterocycles. The zero-order valence-electron chi connectivity index (χ0n) is 5.67. The minimum absolute atomic E-state index is 0.0448. The van der Waals surface area contributed by atoms with Crippen molar-refractivity contribution in [1.29, 1.82) is 0 Å². The van der Waals surface area contributed by atoms with Crippen LogP contribution in [-0.4, -0.2) is 0 Å². The Morgan fingerprint density at radius 2 is 1.50 bits per heavy atom. The smallest absolute Gasteiger partial charge is 0.146 e. The van der Waals surface area contributed by atoms with Gasteiger partial charge in [-0.3, -0.25) is 0 Å². The van der Waals surface area contributed by atoms with Gasteiger partial charge >= 0.3 is 0 Å². The van der Waals surface area contributed by atoms with E-state index in [0.717, 1.165) is 0 Å². The van der Waals surface area contributed by atoms with E-state index in [2.05, 4.69) is 31.9 Å². The first-order valence-electron chi connectivity index (χ1n) is 2.95. The molecule has 0 saturated carbocycles. The third-order valence-electron chi connectivity index (χ3n) is 1.34. The van der Waals surface area contributed by atoms with Crippen molar-refractivity contribution in [2.45, 2.75) is 6.67 Å². The first kappa shape index (κ1) is 10.1. The van der Waals surface area contributed by atoms with E-state index in [1.165, 1.54) is 6.07 Å². The summed E-state index contributed by atoms with van der Waals surface area (Å²) in [6, 6.07) is 1.20. The highest BCUT2D eigenvalue weighted by atomic mass is 79.9. The predicted molar refractivity (Wildman–Crippen MR) is 46.6 cm³/mol. The van der Waals surface area contributed by atoms with Gasteiger partial charge in [0.2, 0.25) is 0 Å². The standard InChI is InChI=1S/C7H3Br2F3/c8-4-1-5(9)7(12)3(2-10)6(4)11/h1H,2H2. The van der Waals surface area contributed by atoms with Gasteiger partial charge < -0.3 is 0 Å². The lowest BCUT2D eigenvalue weighted by Gasteiger charge is -2.03. The summed E-state index contributed by atoms with van der Waals surface area (Å²) in [7, 11) is 0. The third-order valence-corrected chi connectivity index (χ3v) is 2.49. The molecule has 5 heteroatoms. The van der Waals surface area contributed by atoms with Crippen molar-refractivity contribution in [2.75, 3.05) is 0 Å². The fraction of sp³-hybridized carbons (Fsp3) is 0.143. The van der Waals surface area contributed by atoms with Crippen LogP contribution in [0.5, 0.6) is 0 Å². The Hall–Kier alpha value is -0.0300. The molecule has 0 amide bonds. The molecule has 0 spiro atoms. The molecule has 0 aliphatic heterocycles. The van der Waals surface area contributed by atoms with Crippen LogP contribution in [0.25, 0.3) is 0 Å². The van der Waals surface area contributed by atoms with Gasteiger partial charge in [0.1, 0.15) is 18.3 Å². The van der Waals surface area contributed by atoms with Crippen LogP contribution in [0.3, 0.4) is 0 Å². The first-order valence-corrected chi connectivity index (χ1v) is 4.54. The Bertz CT molecular complexity index is 286. The Labute approximate surface area is 84.0 Å². The van der Waals surface area contributed by atoms with Gasteiger partial charge in [0.25, 0.3) is 0 Å². The van der Waals surface area contributed by atoms with Gasteiger partial charge in [0.05, 0.1) is 14.5 Å². The molecule has 0 N–H and O–H groups in total. The lowest BCUT2D eigenvalue weighted by atomic mass is 10.2. The normalized spacial score (nSPS) is 10.4. The Morgan fingerprint density at radius 3 is 1.83 bits per heavy atom. The molecule has 0 aromatic heterocycles. The number of alkyl halides is 1. The second-order valence-electron chi connectivity index (χ2n) is 2.08. The second-order valence-corrected chi connectivity index (χ2v) is 3.79. The minimum atomic E-state index is -1.16. The molecule has 66 valence electrons. The minimum Gasteiger partial charge on any atom is -0.246 e. The van der Waals surface area contributed by atoms with Crippen molar-refractivity contribution in [2.24, 2.45) is 0 Å². The molecule has 0 radical (unpaired) electrons. The molecule has 0 aliphatic rings. The van der Waals surface area contributed by atoms with Crippen LogP contribution in [0.4, 0.5) is 13.2 Å². The van der Waals surface area contributed by atoms with E-state index in [1.807, 2.05) is 0 Å². The molecule has 0 unspecified atom stereocenters. The summed E-state index contributed by atoms with van der Waals surface area (Å²) in [5.74, 6) is -1.78. The van der Waals surface area contributed by atoms with E-state index in [9.17, 15) is 13.2 Å². The van der Waals surface area contributed by atoms with E-state index in [-0.39, 0.29) is 8.95 Å². The van der Waals surface area contributed by atoms with E-state index in [1.54, 1.807) is 0 Å². The van der Waals surface area contributed by atoms with Gasteiger partial charge in [-0.2, -0.15) is 0 Å². The maximum atomic E-state index is 12.9. The van der Waals surface area contributed by atoms with Gasteiger partial charge in [-0.25, -0.2) is 13.2 Å². The Kier molecular flexibility index (Phi) is 3.17. The Morgan fingerprint density at radius 1 is 1.08 bits per heavy atom. The van der Waals surface area contributed by atoms with Crippen LogP contribution < -0.4 is 0 Å². The number of halogens is 5. The highest BCUT2D eigenvalue weighted by Gasteiger charge is 2.15. The molecular weight excluding hydrogens is 301 g/mol. The maximum absolute atomic E-state index is 12.9. The largest absolute Gasteiger partial charge is 0.246 e. The molecule has 0 atom stereocenters. The molecule has 1 aromatic carbocycles. The Balaban J connectivity index is 3.42. The third kappa shape index (κ3) is 1.66. The van der Waals surface area contributed by atoms with Crippen molar-refractivity contribution in [3.63, 3.8) is 0 Å². The van der Waals surface area contributed by atoms with E-state index < -0.39 is 23.9 Å². The predicted octanol–water partition coefficient (Wildman–Crippen LogP) is 3.96. The quantitative estimate of drug-likeness (QED) is 0.689. The average molecular weight is 304 g/mol.